The van der Waals surface area contributed by atoms with Gasteiger partial charge in [-0.15, -0.1) is 0 Å². The molecule has 0 aliphatic heterocycles. The van der Waals surface area contributed by atoms with Gasteiger partial charge in [0.1, 0.15) is 0 Å². The predicted octanol–water partition coefficient (Wildman–Crippen LogP) is 3.89. The Morgan fingerprint density at radius 3 is 2.27 bits per heavy atom. The van der Waals surface area contributed by atoms with E-state index in [1.54, 1.807) is 17.0 Å². The van der Waals surface area contributed by atoms with Crippen LogP contribution < -0.4 is 0 Å². The largest absolute Gasteiger partial charge is 0.334 e. The molecule has 0 unspecified atom stereocenters. The fourth-order valence-electron chi connectivity index (χ4n) is 1.15. The Bertz CT molecular complexity index is 322. The second-order valence-electron chi connectivity index (χ2n) is 2.99. The molecule has 0 N–H and O–H groups in total. The second-order valence-corrected chi connectivity index (χ2v) is 4.46. The van der Waals surface area contributed by atoms with Crippen LogP contribution in [-0.2, 0) is 0 Å². The van der Waals surface area contributed by atoms with E-state index >= 15 is 0 Å². The third-order valence-electron chi connectivity index (χ3n) is 2.04. The molecule has 0 aliphatic rings. The highest BCUT2D eigenvalue weighted by molar-refractivity contribution is 8.13. The molecule has 1 amide bonds. The smallest absolute Gasteiger partial charge is 0.286 e. The van der Waals surface area contributed by atoms with Crippen molar-refractivity contribution in [3.63, 3.8) is 0 Å². The minimum Gasteiger partial charge on any atom is -0.334 e. The molecule has 0 bridgehead atoms. The van der Waals surface area contributed by atoms with Crippen LogP contribution in [0.25, 0.3) is 0 Å². The van der Waals surface area contributed by atoms with Crippen LogP contribution in [0.15, 0.2) is 29.2 Å². The van der Waals surface area contributed by atoms with Gasteiger partial charge in [-0.1, -0.05) is 11.6 Å². The van der Waals surface area contributed by atoms with Crippen LogP contribution in [0.4, 0.5) is 4.79 Å². The maximum absolute atomic E-state index is 11.7. The van der Waals surface area contributed by atoms with Crippen LogP contribution >= 0.6 is 23.4 Å². The number of amides is 1. The Labute approximate surface area is 99.6 Å². The van der Waals surface area contributed by atoms with Crippen LogP contribution in [0, 0.1) is 0 Å². The Balaban J connectivity index is 2.61. The first-order chi connectivity index (χ1) is 7.17. The van der Waals surface area contributed by atoms with Crippen molar-refractivity contribution in [2.45, 2.75) is 18.7 Å². The zero-order chi connectivity index (χ0) is 11.3. The van der Waals surface area contributed by atoms with Crippen molar-refractivity contribution in [2.24, 2.45) is 0 Å². The molecule has 2 nitrogen and oxygen atoms in total. The van der Waals surface area contributed by atoms with Gasteiger partial charge in [-0.3, -0.25) is 4.79 Å². The quantitative estimate of drug-likeness (QED) is 0.751. The molecule has 0 saturated carbocycles. The van der Waals surface area contributed by atoms with Crippen LogP contribution in [0.1, 0.15) is 13.8 Å². The summed E-state index contributed by atoms with van der Waals surface area (Å²) in [6, 6.07) is 7.29. The van der Waals surface area contributed by atoms with Crippen molar-refractivity contribution in [3.05, 3.63) is 29.3 Å². The molecule has 1 aromatic carbocycles. The summed E-state index contributed by atoms with van der Waals surface area (Å²) in [5.74, 6) is 0. The van der Waals surface area contributed by atoms with E-state index in [-0.39, 0.29) is 5.24 Å². The topological polar surface area (TPSA) is 20.3 Å². The molecule has 0 radical (unpaired) electrons. The molecule has 0 aromatic heterocycles. The molecule has 0 saturated heterocycles. The number of halogens is 1. The highest BCUT2D eigenvalue weighted by Gasteiger charge is 2.10. The summed E-state index contributed by atoms with van der Waals surface area (Å²) in [4.78, 5) is 14.4. The first-order valence-corrected chi connectivity index (χ1v) is 6.09. The molecule has 1 rings (SSSR count). The zero-order valence-electron chi connectivity index (χ0n) is 8.87. The van der Waals surface area contributed by atoms with Gasteiger partial charge in [0.15, 0.2) is 0 Å². The molecule has 0 heterocycles. The van der Waals surface area contributed by atoms with Crippen molar-refractivity contribution in [1.29, 1.82) is 0 Å². The standard InChI is InChI=1S/C11H14ClNOS/c1-3-13(4-2)11(14)15-10-7-5-9(12)6-8-10/h5-8H,3-4H2,1-2H3. The zero-order valence-corrected chi connectivity index (χ0v) is 10.4. The SMILES string of the molecule is CCN(CC)C(=O)Sc1ccc(Cl)cc1. The van der Waals surface area contributed by atoms with Crippen molar-refractivity contribution in [1.82, 2.24) is 4.90 Å². The number of thioether (sulfide) groups is 1. The second kappa shape index (κ2) is 6.03. The van der Waals surface area contributed by atoms with Crippen LogP contribution in [0.2, 0.25) is 5.02 Å². The fourth-order valence-corrected chi connectivity index (χ4v) is 2.14. The van der Waals surface area contributed by atoms with Crippen LogP contribution in [0.5, 0.6) is 0 Å². The molecule has 0 spiro atoms. The van der Waals surface area contributed by atoms with Crippen molar-refractivity contribution >= 4 is 28.6 Å². The van der Waals surface area contributed by atoms with Gasteiger partial charge in [0.05, 0.1) is 0 Å². The highest BCUT2D eigenvalue weighted by Crippen LogP contribution is 2.22. The number of hydrogen-bond donors (Lipinski definition) is 0. The van der Waals surface area contributed by atoms with E-state index in [0.29, 0.717) is 5.02 Å². The molecule has 15 heavy (non-hydrogen) atoms. The van der Waals surface area contributed by atoms with Gasteiger partial charge in [-0.05, 0) is 49.9 Å². The van der Waals surface area contributed by atoms with E-state index in [2.05, 4.69) is 0 Å². The van der Waals surface area contributed by atoms with Gasteiger partial charge in [0.25, 0.3) is 5.24 Å². The summed E-state index contributed by atoms with van der Waals surface area (Å²) in [6.45, 7) is 5.44. The molecule has 0 atom stereocenters. The number of carbonyl (C=O) groups excluding carboxylic acids is 1. The number of hydrogen-bond acceptors (Lipinski definition) is 2. The molecule has 82 valence electrons. The number of benzene rings is 1. The molecule has 1 aromatic rings. The maximum atomic E-state index is 11.7. The summed E-state index contributed by atoms with van der Waals surface area (Å²) < 4.78 is 0. The third kappa shape index (κ3) is 3.76. The van der Waals surface area contributed by atoms with Gasteiger partial charge in [-0.2, -0.15) is 0 Å². The molecule has 4 heteroatoms. The lowest BCUT2D eigenvalue weighted by Gasteiger charge is -2.17. The lowest BCUT2D eigenvalue weighted by Crippen LogP contribution is -2.26. The lowest BCUT2D eigenvalue weighted by molar-refractivity contribution is 0.228. The van der Waals surface area contributed by atoms with E-state index in [1.165, 1.54) is 11.8 Å². The Hall–Kier alpha value is -0.670. The van der Waals surface area contributed by atoms with Gasteiger partial charge in [0.2, 0.25) is 0 Å². The van der Waals surface area contributed by atoms with Crippen molar-refractivity contribution in [3.8, 4) is 0 Å². The predicted molar refractivity (Wildman–Crippen MR) is 65.6 cm³/mol. The minimum absolute atomic E-state index is 0.0855. The lowest BCUT2D eigenvalue weighted by atomic mass is 10.4. The molecule has 0 fully saturated rings. The van der Waals surface area contributed by atoms with E-state index in [0.717, 1.165) is 18.0 Å². The van der Waals surface area contributed by atoms with Crippen molar-refractivity contribution in [2.75, 3.05) is 13.1 Å². The van der Waals surface area contributed by atoms with Crippen LogP contribution in [0.3, 0.4) is 0 Å². The van der Waals surface area contributed by atoms with E-state index in [1.807, 2.05) is 26.0 Å². The molecular formula is C11H14ClNOS. The van der Waals surface area contributed by atoms with E-state index in [9.17, 15) is 4.79 Å². The summed E-state index contributed by atoms with van der Waals surface area (Å²) in [5.41, 5.74) is 0. The number of nitrogens with zero attached hydrogens (tertiary/aromatic N) is 1. The van der Waals surface area contributed by atoms with Gasteiger partial charge < -0.3 is 4.90 Å². The molecular weight excluding hydrogens is 230 g/mol. The first kappa shape index (κ1) is 12.4. The number of carbonyl (C=O) groups is 1. The summed E-state index contributed by atoms with van der Waals surface area (Å²) >= 11 is 7.00. The van der Waals surface area contributed by atoms with Gasteiger partial charge >= 0.3 is 0 Å². The number of rotatable bonds is 3. The highest BCUT2D eigenvalue weighted by atomic mass is 35.5. The van der Waals surface area contributed by atoms with Gasteiger partial charge in [-0.25, -0.2) is 0 Å². The summed E-state index contributed by atoms with van der Waals surface area (Å²) in [7, 11) is 0. The summed E-state index contributed by atoms with van der Waals surface area (Å²) in [5, 5.41) is 0.775. The molecule has 0 aliphatic carbocycles. The normalized spacial score (nSPS) is 10.1. The first-order valence-electron chi connectivity index (χ1n) is 4.89. The monoisotopic (exact) mass is 243 g/mol. The van der Waals surface area contributed by atoms with Crippen LogP contribution in [-0.4, -0.2) is 23.2 Å². The van der Waals surface area contributed by atoms with Crippen molar-refractivity contribution < 1.29 is 4.79 Å². The summed E-state index contributed by atoms with van der Waals surface area (Å²) in [6.07, 6.45) is 0. The minimum atomic E-state index is 0.0855. The maximum Gasteiger partial charge on any atom is 0.286 e. The van der Waals surface area contributed by atoms with E-state index in [4.69, 9.17) is 11.6 Å². The Morgan fingerprint density at radius 1 is 1.27 bits per heavy atom. The average molecular weight is 244 g/mol. The fraction of sp³-hybridized carbons (Fsp3) is 0.364. The van der Waals surface area contributed by atoms with E-state index < -0.39 is 0 Å². The average Bonchev–Trinajstić information content (AvgIpc) is 2.23. The Kier molecular flexibility index (Phi) is 4.99. The third-order valence-corrected chi connectivity index (χ3v) is 3.23. The Morgan fingerprint density at radius 2 is 1.80 bits per heavy atom. The van der Waals surface area contributed by atoms with Gasteiger partial charge in [0, 0.05) is 23.0 Å².